The summed E-state index contributed by atoms with van der Waals surface area (Å²) in [5.74, 6) is 0.355. The van der Waals surface area contributed by atoms with Crippen LogP contribution in [0.1, 0.15) is 11.7 Å². The molecule has 0 saturated carbocycles. The number of carbonyl (C=O) groups is 1. The van der Waals surface area contributed by atoms with Gasteiger partial charge in [-0.2, -0.15) is 0 Å². The number of anilines is 1. The van der Waals surface area contributed by atoms with Crippen molar-refractivity contribution in [1.82, 2.24) is 4.98 Å². The Morgan fingerprint density at radius 1 is 1.04 bits per heavy atom. The van der Waals surface area contributed by atoms with Crippen molar-refractivity contribution in [3.05, 3.63) is 89.2 Å². The summed E-state index contributed by atoms with van der Waals surface area (Å²) in [6.07, 6.45) is 2.49. The van der Waals surface area contributed by atoms with Crippen LogP contribution >= 0.6 is 15.9 Å². The lowest BCUT2D eigenvalue weighted by atomic mass is 10.1. The predicted octanol–water partition coefficient (Wildman–Crippen LogP) is 4.60. The Morgan fingerprint density at radius 3 is 2.58 bits per heavy atom. The minimum absolute atomic E-state index is 0.255. The third-order valence-electron chi connectivity index (χ3n) is 3.32. The van der Waals surface area contributed by atoms with Crippen molar-refractivity contribution in [2.45, 2.75) is 6.10 Å². The molecular formula is C19H15BrN2O2. The molecule has 0 unspecified atom stereocenters. The van der Waals surface area contributed by atoms with Gasteiger partial charge in [0.05, 0.1) is 11.9 Å². The second-order valence-corrected chi connectivity index (χ2v) is 6.01. The minimum atomic E-state index is -0.763. The van der Waals surface area contributed by atoms with E-state index in [9.17, 15) is 4.79 Å². The molecule has 0 aliphatic heterocycles. The van der Waals surface area contributed by atoms with Crippen molar-refractivity contribution in [2.24, 2.45) is 0 Å². The van der Waals surface area contributed by atoms with Gasteiger partial charge in [0.25, 0.3) is 5.91 Å². The summed E-state index contributed by atoms with van der Waals surface area (Å²) in [5, 5.41) is 2.84. The molecule has 120 valence electrons. The average molecular weight is 383 g/mol. The highest BCUT2D eigenvalue weighted by Gasteiger charge is 2.23. The molecule has 0 saturated heterocycles. The summed E-state index contributed by atoms with van der Waals surface area (Å²) in [7, 11) is 0. The molecule has 0 spiro atoms. The molecule has 1 amide bonds. The Labute approximate surface area is 148 Å². The van der Waals surface area contributed by atoms with Gasteiger partial charge in [0.15, 0.2) is 0 Å². The number of rotatable bonds is 5. The van der Waals surface area contributed by atoms with Gasteiger partial charge in [0.2, 0.25) is 6.10 Å². The number of amides is 1. The second kappa shape index (κ2) is 7.75. The van der Waals surface area contributed by atoms with Crippen molar-refractivity contribution in [2.75, 3.05) is 5.32 Å². The van der Waals surface area contributed by atoms with E-state index in [1.165, 1.54) is 0 Å². The normalized spacial score (nSPS) is 11.5. The molecule has 3 rings (SSSR count). The van der Waals surface area contributed by atoms with E-state index in [1.807, 2.05) is 54.6 Å². The van der Waals surface area contributed by atoms with Crippen LogP contribution in [0.4, 0.5) is 5.69 Å². The number of aromatic nitrogens is 1. The molecule has 24 heavy (non-hydrogen) atoms. The third-order valence-corrected chi connectivity index (χ3v) is 3.81. The minimum Gasteiger partial charge on any atom is -0.476 e. The standard InChI is InChI=1S/C19H15BrN2O2/c20-15-8-4-10-17(12-15)24-18(14-6-2-1-3-7-14)19(23)22-16-9-5-11-21-13-16/h1-13,18H,(H,22,23)/t18-/m0/s1. The lowest BCUT2D eigenvalue weighted by Crippen LogP contribution is -2.25. The van der Waals surface area contributed by atoms with Crippen molar-refractivity contribution < 1.29 is 9.53 Å². The Kier molecular flexibility index (Phi) is 5.23. The summed E-state index contributed by atoms with van der Waals surface area (Å²) >= 11 is 3.41. The quantitative estimate of drug-likeness (QED) is 0.701. The van der Waals surface area contributed by atoms with Crippen molar-refractivity contribution in [3.63, 3.8) is 0 Å². The van der Waals surface area contributed by atoms with Crippen LogP contribution < -0.4 is 10.1 Å². The number of nitrogens with zero attached hydrogens (tertiary/aromatic N) is 1. The summed E-state index contributed by atoms with van der Waals surface area (Å²) in [5.41, 5.74) is 1.40. The van der Waals surface area contributed by atoms with E-state index < -0.39 is 6.10 Å². The first kappa shape index (κ1) is 16.2. The predicted molar refractivity (Wildman–Crippen MR) is 96.8 cm³/mol. The highest BCUT2D eigenvalue weighted by molar-refractivity contribution is 9.10. The van der Waals surface area contributed by atoms with Gasteiger partial charge in [0, 0.05) is 16.2 Å². The van der Waals surface area contributed by atoms with Crippen LogP contribution in [0.2, 0.25) is 0 Å². The van der Waals surface area contributed by atoms with Crippen molar-refractivity contribution in [3.8, 4) is 5.75 Å². The highest BCUT2D eigenvalue weighted by atomic mass is 79.9. The fourth-order valence-corrected chi connectivity index (χ4v) is 2.60. The lowest BCUT2D eigenvalue weighted by Gasteiger charge is -2.19. The van der Waals surface area contributed by atoms with Crippen molar-refractivity contribution in [1.29, 1.82) is 0 Å². The first-order valence-electron chi connectivity index (χ1n) is 7.40. The van der Waals surface area contributed by atoms with E-state index in [1.54, 1.807) is 24.5 Å². The van der Waals surface area contributed by atoms with Gasteiger partial charge >= 0.3 is 0 Å². The molecule has 3 aromatic rings. The van der Waals surface area contributed by atoms with Crippen LogP contribution in [-0.4, -0.2) is 10.9 Å². The van der Waals surface area contributed by atoms with Gasteiger partial charge < -0.3 is 10.1 Å². The average Bonchev–Trinajstić information content (AvgIpc) is 2.61. The fraction of sp³-hybridized carbons (Fsp3) is 0.0526. The first-order valence-corrected chi connectivity index (χ1v) is 8.20. The molecule has 0 bridgehead atoms. The fourth-order valence-electron chi connectivity index (χ4n) is 2.22. The van der Waals surface area contributed by atoms with Crippen LogP contribution in [0.15, 0.2) is 83.6 Å². The summed E-state index contributed by atoms with van der Waals surface area (Å²) < 4.78 is 6.84. The molecule has 4 nitrogen and oxygen atoms in total. The van der Waals surface area contributed by atoms with E-state index in [0.29, 0.717) is 11.4 Å². The maximum absolute atomic E-state index is 12.7. The number of ether oxygens (including phenoxy) is 1. The van der Waals surface area contributed by atoms with Gasteiger partial charge in [-0.15, -0.1) is 0 Å². The Hall–Kier alpha value is -2.66. The molecule has 1 N–H and O–H groups in total. The van der Waals surface area contributed by atoms with Gasteiger partial charge in [-0.3, -0.25) is 9.78 Å². The molecule has 0 aliphatic carbocycles. The van der Waals surface area contributed by atoms with Gasteiger partial charge in [-0.05, 0) is 30.3 Å². The van der Waals surface area contributed by atoms with E-state index in [4.69, 9.17) is 4.74 Å². The van der Waals surface area contributed by atoms with Gasteiger partial charge in [-0.1, -0.05) is 52.3 Å². The maximum Gasteiger partial charge on any atom is 0.270 e. The molecule has 5 heteroatoms. The largest absolute Gasteiger partial charge is 0.476 e. The number of hydrogen-bond donors (Lipinski definition) is 1. The van der Waals surface area contributed by atoms with Crippen LogP contribution in [0.25, 0.3) is 0 Å². The van der Waals surface area contributed by atoms with E-state index in [-0.39, 0.29) is 5.91 Å². The topological polar surface area (TPSA) is 51.2 Å². The maximum atomic E-state index is 12.7. The second-order valence-electron chi connectivity index (χ2n) is 5.10. The van der Waals surface area contributed by atoms with E-state index in [0.717, 1.165) is 10.0 Å². The first-order chi connectivity index (χ1) is 11.7. The monoisotopic (exact) mass is 382 g/mol. The number of halogens is 1. The molecule has 1 heterocycles. The Morgan fingerprint density at radius 2 is 1.88 bits per heavy atom. The summed E-state index contributed by atoms with van der Waals surface area (Å²) in [6, 6.07) is 20.4. The van der Waals surface area contributed by atoms with Crippen LogP contribution in [0, 0.1) is 0 Å². The lowest BCUT2D eigenvalue weighted by molar-refractivity contribution is -0.123. The number of nitrogens with one attached hydrogen (secondary N) is 1. The molecule has 1 aromatic heterocycles. The zero-order valence-corrected chi connectivity index (χ0v) is 14.3. The summed E-state index contributed by atoms with van der Waals surface area (Å²) in [4.78, 5) is 16.7. The molecule has 1 atom stereocenters. The zero-order chi connectivity index (χ0) is 16.8. The highest BCUT2D eigenvalue weighted by Crippen LogP contribution is 2.25. The zero-order valence-electron chi connectivity index (χ0n) is 12.7. The summed E-state index contributed by atoms with van der Waals surface area (Å²) in [6.45, 7) is 0. The molecule has 2 aromatic carbocycles. The third kappa shape index (κ3) is 4.20. The number of hydrogen-bond acceptors (Lipinski definition) is 3. The molecule has 0 radical (unpaired) electrons. The van der Waals surface area contributed by atoms with Crippen LogP contribution in [0.5, 0.6) is 5.75 Å². The SMILES string of the molecule is O=C(Nc1cccnc1)[C@@H](Oc1cccc(Br)c1)c1ccccc1. The molecule has 0 aliphatic rings. The van der Waals surface area contributed by atoms with Gasteiger partial charge in [0.1, 0.15) is 5.75 Å². The Balaban J connectivity index is 1.86. The van der Waals surface area contributed by atoms with Gasteiger partial charge in [-0.25, -0.2) is 0 Å². The molecule has 0 fully saturated rings. The smallest absolute Gasteiger partial charge is 0.270 e. The van der Waals surface area contributed by atoms with E-state index >= 15 is 0 Å². The molecular weight excluding hydrogens is 368 g/mol. The van der Waals surface area contributed by atoms with Crippen LogP contribution in [-0.2, 0) is 4.79 Å². The number of carbonyl (C=O) groups excluding carboxylic acids is 1. The Bertz CT molecular complexity index is 810. The van der Waals surface area contributed by atoms with Crippen molar-refractivity contribution >= 4 is 27.5 Å². The van der Waals surface area contributed by atoms with Crippen LogP contribution in [0.3, 0.4) is 0 Å². The van der Waals surface area contributed by atoms with E-state index in [2.05, 4.69) is 26.2 Å². The number of benzene rings is 2. The number of pyridine rings is 1.